The molecule has 1 aromatic heterocycles. The third-order valence-electron chi connectivity index (χ3n) is 5.58. The van der Waals surface area contributed by atoms with Crippen molar-refractivity contribution in [3.8, 4) is 11.5 Å². The minimum absolute atomic E-state index is 0.0113. The molecule has 1 aliphatic rings. The van der Waals surface area contributed by atoms with Gasteiger partial charge in [0, 0.05) is 5.69 Å². The molecule has 1 amide bonds. The van der Waals surface area contributed by atoms with Crippen molar-refractivity contribution in [2.75, 3.05) is 19.1 Å². The summed E-state index contributed by atoms with van der Waals surface area (Å²) in [6.45, 7) is 3.66. The highest BCUT2D eigenvalue weighted by atomic mass is 35.5. The number of aliphatic hydroxyl groups excluding tert-OH is 1. The number of methoxy groups -OCH3 is 2. The molecule has 2 heterocycles. The number of benzene rings is 2. The van der Waals surface area contributed by atoms with Gasteiger partial charge in [0.15, 0.2) is 11.5 Å². The van der Waals surface area contributed by atoms with Crippen molar-refractivity contribution in [3.05, 3.63) is 80.7 Å². The number of halogens is 2. The third-order valence-corrected chi connectivity index (χ3v) is 6.21. The first-order valence-corrected chi connectivity index (χ1v) is 11.0. The van der Waals surface area contributed by atoms with Crippen molar-refractivity contribution >= 4 is 46.3 Å². The Morgan fingerprint density at radius 2 is 1.65 bits per heavy atom. The molecule has 3 aromatic rings. The molecule has 7 nitrogen and oxygen atoms in total. The molecular formula is C25H21Cl2NO6. The number of Topliss-reactive ketones (excluding diaryl/α,β-unsaturated/α-hetero) is 1. The van der Waals surface area contributed by atoms with E-state index in [-0.39, 0.29) is 32.7 Å². The van der Waals surface area contributed by atoms with Crippen LogP contribution in [0.2, 0.25) is 10.0 Å². The van der Waals surface area contributed by atoms with E-state index in [0.29, 0.717) is 17.2 Å². The second kappa shape index (κ2) is 9.08. The maximum Gasteiger partial charge on any atom is 0.300 e. The second-order valence-electron chi connectivity index (χ2n) is 7.74. The summed E-state index contributed by atoms with van der Waals surface area (Å²) in [6.07, 6.45) is 0. The summed E-state index contributed by atoms with van der Waals surface area (Å²) < 4.78 is 16.4. The van der Waals surface area contributed by atoms with Gasteiger partial charge < -0.3 is 19.0 Å². The van der Waals surface area contributed by atoms with Crippen LogP contribution in [0.5, 0.6) is 11.5 Å². The molecule has 1 saturated heterocycles. The van der Waals surface area contributed by atoms with E-state index in [1.54, 1.807) is 31.2 Å². The smallest absolute Gasteiger partial charge is 0.300 e. The molecule has 0 radical (unpaired) electrons. The summed E-state index contributed by atoms with van der Waals surface area (Å²) in [5.41, 5.74) is 1.31. The molecular weight excluding hydrogens is 481 g/mol. The average molecular weight is 502 g/mol. The van der Waals surface area contributed by atoms with E-state index in [1.165, 1.54) is 25.2 Å². The van der Waals surface area contributed by atoms with Gasteiger partial charge in [0.05, 0.1) is 30.4 Å². The number of aryl methyl sites for hydroxylation is 2. The van der Waals surface area contributed by atoms with Crippen molar-refractivity contribution in [1.29, 1.82) is 0 Å². The summed E-state index contributed by atoms with van der Waals surface area (Å²) in [4.78, 5) is 27.8. The van der Waals surface area contributed by atoms with E-state index >= 15 is 0 Å². The van der Waals surface area contributed by atoms with Crippen molar-refractivity contribution < 1.29 is 28.6 Å². The lowest BCUT2D eigenvalue weighted by atomic mass is 9.98. The number of carbonyl (C=O) groups is 2. The topological polar surface area (TPSA) is 89.2 Å². The number of anilines is 1. The zero-order valence-corrected chi connectivity index (χ0v) is 20.3. The van der Waals surface area contributed by atoms with Gasteiger partial charge in [-0.25, -0.2) is 0 Å². The fourth-order valence-electron chi connectivity index (χ4n) is 3.97. The largest absolute Gasteiger partial charge is 0.507 e. The molecule has 0 bridgehead atoms. The molecule has 0 aliphatic carbocycles. The molecule has 4 rings (SSSR count). The molecule has 176 valence electrons. The molecule has 1 atom stereocenters. The van der Waals surface area contributed by atoms with Crippen LogP contribution in [0, 0.1) is 13.8 Å². The molecule has 0 saturated carbocycles. The third kappa shape index (κ3) is 3.81. The van der Waals surface area contributed by atoms with Crippen molar-refractivity contribution in [1.82, 2.24) is 0 Å². The lowest BCUT2D eigenvalue weighted by molar-refractivity contribution is -0.132. The van der Waals surface area contributed by atoms with Gasteiger partial charge in [0.1, 0.15) is 28.3 Å². The maximum atomic E-state index is 13.3. The van der Waals surface area contributed by atoms with E-state index in [2.05, 4.69) is 0 Å². The summed E-state index contributed by atoms with van der Waals surface area (Å²) in [7, 11) is 2.74. The van der Waals surface area contributed by atoms with E-state index in [4.69, 9.17) is 37.1 Å². The Balaban J connectivity index is 2.00. The monoisotopic (exact) mass is 501 g/mol. The van der Waals surface area contributed by atoms with Crippen molar-refractivity contribution in [2.24, 2.45) is 0 Å². The van der Waals surface area contributed by atoms with Crippen LogP contribution in [-0.4, -0.2) is 31.0 Å². The molecule has 9 heteroatoms. The van der Waals surface area contributed by atoms with Crippen LogP contribution in [0.25, 0.3) is 5.76 Å². The number of rotatable bonds is 5. The molecule has 1 unspecified atom stereocenters. The SMILES string of the molecule is COc1c(Cl)cc(/C(O)=C2\C(=O)C(=O)N(c3ccc(C)cc3)C2c2ccc(C)o2)c(OC)c1Cl. The fraction of sp³-hybridized carbons (Fsp3) is 0.200. The first-order chi connectivity index (χ1) is 16.2. The number of amides is 1. The van der Waals surface area contributed by atoms with Gasteiger partial charge in [-0.2, -0.15) is 0 Å². The van der Waals surface area contributed by atoms with Crippen LogP contribution in [0.15, 0.2) is 52.5 Å². The van der Waals surface area contributed by atoms with Crippen LogP contribution < -0.4 is 14.4 Å². The van der Waals surface area contributed by atoms with Gasteiger partial charge in [-0.1, -0.05) is 40.9 Å². The molecule has 34 heavy (non-hydrogen) atoms. The molecule has 1 aliphatic heterocycles. The number of carbonyl (C=O) groups excluding carboxylic acids is 2. The summed E-state index contributed by atoms with van der Waals surface area (Å²) in [5.74, 6) is -1.13. The van der Waals surface area contributed by atoms with Crippen LogP contribution in [0.3, 0.4) is 0 Å². The highest BCUT2D eigenvalue weighted by Crippen LogP contribution is 2.48. The second-order valence-corrected chi connectivity index (χ2v) is 8.52. The Labute approximate surface area is 206 Å². The summed E-state index contributed by atoms with van der Waals surface area (Å²) in [5, 5.41) is 11.5. The van der Waals surface area contributed by atoms with E-state index < -0.39 is 23.5 Å². The number of ketones is 1. The number of aliphatic hydroxyl groups is 1. The predicted octanol–water partition coefficient (Wildman–Crippen LogP) is 5.85. The normalized spacial score (nSPS) is 17.4. The Morgan fingerprint density at radius 1 is 1.00 bits per heavy atom. The van der Waals surface area contributed by atoms with Gasteiger partial charge in [0.25, 0.3) is 11.7 Å². The quantitative estimate of drug-likeness (QED) is 0.268. The number of nitrogens with zero attached hydrogens (tertiary/aromatic N) is 1. The zero-order valence-electron chi connectivity index (χ0n) is 18.8. The Morgan fingerprint density at radius 3 is 2.21 bits per heavy atom. The predicted molar refractivity (Wildman–Crippen MR) is 129 cm³/mol. The number of hydrogen-bond acceptors (Lipinski definition) is 6. The van der Waals surface area contributed by atoms with E-state index in [9.17, 15) is 14.7 Å². The standard InChI is InChI=1S/C25H21Cl2NO6/c1-12-5-8-14(9-6-12)28-20(17-10-7-13(2)34-17)18(22(30)25(28)31)21(29)15-11-16(26)24(33-4)19(27)23(15)32-3/h5-11,20,29H,1-4H3/b21-18+. The van der Waals surface area contributed by atoms with Gasteiger partial charge in [0.2, 0.25) is 0 Å². The lowest BCUT2D eigenvalue weighted by Crippen LogP contribution is -2.29. The van der Waals surface area contributed by atoms with Crippen molar-refractivity contribution in [3.63, 3.8) is 0 Å². The molecule has 1 N–H and O–H groups in total. The highest BCUT2D eigenvalue weighted by Gasteiger charge is 2.48. The van der Waals surface area contributed by atoms with Gasteiger partial charge in [-0.05, 0) is 44.2 Å². The molecule has 1 fully saturated rings. The van der Waals surface area contributed by atoms with E-state index in [1.807, 2.05) is 19.1 Å². The van der Waals surface area contributed by atoms with Gasteiger partial charge in [-0.3, -0.25) is 14.5 Å². The minimum atomic E-state index is -1.03. The average Bonchev–Trinajstić information content (AvgIpc) is 3.35. The zero-order chi connectivity index (χ0) is 24.7. The fourth-order valence-corrected chi connectivity index (χ4v) is 4.65. The van der Waals surface area contributed by atoms with Crippen LogP contribution >= 0.6 is 23.2 Å². The van der Waals surface area contributed by atoms with Gasteiger partial charge in [-0.15, -0.1) is 0 Å². The molecule has 0 spiro atoms. The number of hydrogen-bond donors (Lipinski definition) is 1. The number of furan rings is 1. The summed E-state index contributed by atoms with van der Waals surface area (Å²) >= 11 is 12.7. The minimum Gasteiger partial charge on any atom is -0.507 e. The first kappa shape index (κ1) is 23.7. The van der Waals surface area contributed by atoms with Gasteiger partial charge >= 0.3 is 0 Å². The van der Waals surface area contributed by atoms with E-state index in [0.717, 1.165) is 5.56 Å². The molecule has 2 aromatic carbocycles. The van der Waals surface area contributed by atoms with Crippen LogP contribution in [0.1, 0.15) is 28.7 Å². The maximum absolute atomic E-state index is 13.3. The Bertz CT molecular complexity index is 1330. The van der Waals surface area contributed by atoms with Crippen molar-refractivity contribution in [2.45, 2.75) is 19.9 Å². The first-order valence-electron chi connectivity index (χ1n) is 10.2. The van der Waals surface area contributed by atoms with Crippen LogP contribution in [-0.2, 0) is 9.59 Å². The summed E-state index contributed by atoms with van der Waals surface area (Å²) in [6, 6.07) is 10.8. The van der Waals surface area contributed by atoms with Crippen LogP contribution in [0.4, 0.5) is 5.69 Å². The lowest BCUT2D eigenvalue weighted by Gasteiger charge is -2.24. The Hall–Kier alpha value is -3.42. The Kier molecular flexibility index (Phi) is 6.34. The number of ether oxygens (including phenoxy) is 2. The highest BCUT2D eigenvalue weighted by molar-refractivity contribution is 6.51.